The topological polar surface area (TPSA) is 92.3 Å². The molecule has 2 aromatic heterocycles. The smallest absolute Gasteiger partial charge is 0.275 e. The van der Waals surface area contributed by atoms with Crippen LogP contribution in [0.2, 0.25) is 0 Å². The highest BCUT2D eigenvalue weighted by Crippen LogP contribution is 2.21. The Bertz CT molecular complexity index is 936. The Labute approximate surface area is 163 Å². The molecule has 1 amide bonds. The van der Waals surface area contributed by atoms with Crippen molar-refractivity contribution in [3.8, 4) is 0 Å². The lowest BCUT2D eigenvalue weighted by Gasteiger charge is -2.26. The average molecular weight is 378 g/mol. The number of morpholine rings is 1. The van der Waals surface area contributed by atoms with E-state index in [-0.39, 0.29) is 11.6 Å². The number of carbonyl (C=O) groups excluding carboxylic acids is 1. The predicted octanol–water partition coefficient (Wildman–Crippen LogP) is 2.02. The highest BCUT2D eigenvalue weighted by Gasteiger charge is 2.12. The molecule has 2 N–H and O–H groups in total. The fraction of sp³-hybridized carbons (Fsp3) is 0.300. The lowest BCUT2D eigenvalue weighted by atomic mass is 10.2. The van der Waals surface area contributed by atoms with Crippen molar-refractivity contribution in [3.05, 3.63) is 54.6 Å². The quantitative estimate of drug-likeness (QED) is 0.678. The van der Waals surface area contributed by atoms with Gasteiger partial charge in [0.1, 0.15) is 11.5 Å². The highest BCUT2D eigenvalue weighted by atomic mass is 16.5. The van der Waals surface area contributed by atoms with Gasteiger partial charge in [0, 0.05) is 37.8 Å². The van der Waals surface area contributed by atoms with E-state index >= 15 is 0 Å². The minimum Gasteiger partial charge on any atom is -0.379 e. The Balaban J connectivity index is 1.34. The molecule has 3 heterocycles. The van der Waals surface area contributed by atoms with E-state index in [9.17, 15) is 4.79 Å². The normalized spacial score (nSPS) is 14.7. The molecule has 0 spiro atoms. The summed E-state index contributed by atoms with van der Waals surface area (Å²) in [4.78, 5) is 27.7. The summed E-state index contributed by atoms with van der Waals surface area (Å²) in [5.74, 6) is 0.335. The SMILES string of the molecule is O=C(Nc1cccc2cccnc12)c1cnc(NCCN2CCOCC2)cn1. The summed E-state index contributed by atoms with van der Waals surface area (Å²) >= 11 is 0. The molecule has 0 bridgehead atoms. The van der Waals surface area contributed by atoms with E-state index in [2.05, 4.69) is 30.5 Å². The maximum Gasteiger partial charge on any atom is 0.275 e. The fourth-order valence-corrected chi connectivity index (χ4v) is 3.09. The van der Waals surface area contributed by atoms with Crippen molar-refractivity contribution in [2.45, 2.75) is 0 Å². The molecule has 0 unspecified atom stereocenters. The summed E-state index contributed by atoms with van der Waals surface area (Å²) in [6, 6.07) is 9.48. The van der Waals surface area contributed by atoms with Crippen molar-refractivity contribution in [1.82, 2.24) is 19.9 Å². The van der Waals surface area contributed by atoms with Gasteiger partial charge in [-0.15, -0.1) is 0 Å². The van der Waals surface area contributed by atoms with Gasteiger partial charge in [0.05, 0.1) is 36.8 Å². The summed E-state index contributed by atoms with van der Waals surface area (Å²) < 4.78 is 5.34. The molecular weight excluding hydrogens is 356 g/mol. The third-order valence-electron chi connectivity index (χ3n) is 4.60. The van der Waals surface area contributed by atoms with Crippen LogP contribution in [0.4, 0.5) is 11.5 Å². The number of pyridine rings is 1. The standard InChI is InChI=1S/C20H22N6O2/c27-20(25-16-5-1-3-15-4-2-6-22-19(15)16)17-13-24-18(14-23-17)21-7-8-26-9-11-28-12-10-26/h1-6,13-14H,7-12H2,(H,21,24)(H,25,27). The van der Waals surface area contributed by atoms with Gasteiger partial charge in [-0.1, -0.05) is 18.2 Å². The zero-order chi connectivity index (χ0) is 19.2. The van der Waals surface area contributed by atoms with Gasteiger partial charge < -0.3 is 15.4 Å². The van der Waals surface area contributed by atoms with Crippen LogP contribution in [0.15, 0.2) is 48.9 Å². The number of ether oxygens (including phenoxy) is 1. The van der Waals surface area contributed by atoms with Crippen molar-refractivity contribution in [2.24, 2.45) is 0 Å². The summed E-state index contributed by atoms with van der Waals surface area (Å²) in [7, 11) is 0. The van der Waals surface area contributed by atoms with Crippen LogP contribution >= 0.6 is 0 Å². The van der Waals surface area contributed by atoms with E-state index < -0.39 is 0 Å². The van der Waals surface area contributed by atoms with E-state index in [1.54, 1.807) is 12.4 Å². The van der Waals surface area contributed by atoms with E-state index in [4.69, 9.17) is 4.74 Å². The summed E-state index contributed by atoms with van der Waals surface area (Å²) in [6.45, 7) is 5.17. The molecule has 4 rings (SSSR count). The van der Waals surface area contributed by atoms with Crippen molar-refractivity contribution < 1.29 is 9.53 Å². The van der Waals surface area contributed by atoms with E-state index in [1.165, 1.54) is 6.20 Å². The maximum atomic E-state index is 12.5. The van der Waals surface area contributed by atoms with Crippen LogP contribution in [0.3, 0.4) is 0 Å². The van der Waals surface area contributed by atoms with E-state index in [0.29, 0.717) is 11.5 Å². The van der Waals surface area contributed by atoms with Gasteiger partial charge in [0.15, 0.2) is 0 Å². The zero-order valence-corrected chi connectivity index (χ0v) is 15.5. The van der Waals surface area contributed by atoms with Crippen LogP contribution in [0.1, 0.15) is 10.5 Å². The second-order valence-corrected chi connectivity index (χ2v) is 6.50. The minimum absolute atomic E-state index is 0.256. The van der Waals surface area contributed by atoms with E-state index in [0.717, 1.165) is 50.3 Å². The molecule has 28 heavy (non-hydrogen) atoms. The Morgan fingerprint density at radius 3 is 2.75 bits per heavy atom. The Morgan fingerprint density at radius 2 is 1.93 bits per heavy atom. The van der Waals surface area contributed by atoms with Gasteiger partial charge in [-0.3, -0.25) is 14.7 Å². The molecule has 1 aliphatic rings. The number of nitrogens with one attached hydrogen (secondary N) is 2. The largest absolute Gasteiger partial charge is 0.379 e. The number of rotatable bonds is 6. The van der Waals surface area contributed by atoms with Crippen molar-refractivity contribution in [1.29, 1.82) is 0 Å². The molecule has 0 radical (unpaired) electrons. The van der Waals surface area contributed by atoms with Gasteiger partial charge in [-0.25, -0.2) is 9.97 Å². The molecule has 0 atom stereocenters. The molecule has 0 aliphatic carbocycles. The van der Waals surface area contributed by atoms with Gasteiger partial charge in [0.25, 0.3) is 5.91 Å². The van der Waals surface area contributed by atoms with Crippen LogP contribution in [0.25, 0.3) is 10.9 Å². The molecule has 8 nitrogen and oxygen atoms in total. The third kappa shape index (κ3) is 4.41. The second-order valence-electron chi connectivity index (χ2n) is 6.50. The molecule has 1 fully saturated rings. The summed E-state index contributed by atoms with van der Waals surface area (Å²) in [5.41, 5.74) is 1.65. The fourth-order valence-electron chi connectivity index (χ4n) is 3.09. The molecule has 1 aromatic carbocycles. The zero-order valence-electron chi connectivity index (χ0n) is 15.5. The molecule has 3 aromatic rings. The lowest BCUT2D eigenvalue weighted by molar-refractivity contribution is 0.0398. The number of hydrogen-bond donors (Lipinski definition) is 2. The second kappa shape index (κ2) is 8.73. The van der Waals surface area contributed by atoms with Gasteiger partial charge in [0.2, 0.25) is 0 Å². The number of hydrogen-bond acceptors (Lipinski definition) is 7. The van der Waals surface area contributed by atoms with Crippen LogP contribution in [-0.2, 0) is 4.74 Å². The molecule has 144 valence electrons. The number of anilines is 2. The first kappa shape index (κ1) is 18.3. The van der Waals surface area contributed by atoms with Gasteiger partial charge >= 0.3 is 0 Å². The lowest BCUT2D eigenvalue weighted by Crippen LogP contribution is -2.39. The summed E-state index contributed by atoms with van der Waals surface area (Å²) in [5, 5.41) is 7.06. The summed E-state index contributed by atoms with van der Waals surface area (Å²) in [6.07, 6.45) is 4.76. The molecule has 8 heteroatoms. The number of carbonyl (C=O) groups is 1. The predicted molar refractivity (Wildman–Crippen MR) is 107 cm³/mol. The number of para-hydroxylation sites is 1. The number of fused-ring (bicyclic) bond motifs is 1. The van der Waals surface area contributed by atoms with Crippen LogP contribution in [0, 0.1) is 0 Å². The molecule has 1 saturated heterocycles. The van der Waals surface area contributed by atoms with E-state index in [1.807, 2.05) is 30.3 Å². The number of amides is 1. The maximum absolute atomic E-state index is 12.5. The monoisotopic (exact) mass is 378 g/mol. The molecule has 0 saturated carbocycles. The Hall–Kier alpha value is -3.10. The molecule has 1 aliphatic heterocycles. The van der Waals surface area contributed by atoms with Gasteiger partial charge in [-0.2, -0.15) is 0 Å². The van der Waals surface area contributed by atoms with Crippen molar-refractivity contribution in [2.75, 3.05) is 50.0 Å². The van der Waals surface area contributed by atoms with Crippen molar-refractivity contribution >= 4 is 28.3 Å². The number of nitrogens with zero attached hydrogens (tertiary/aromatic N) is 4. The van der Waals surface area contributed by atoms with Gasteiger partial charge in [-0.05, 0) is 12.1 Å². The van der Waals surface area contributed by atoms with Crippen LogP contribution in [0.5, 0.6) is 0 Å². The highest BCUT2D eigenvalue weighted by molar-refractivity contribution is 6.07. The Kier molecular flexibility index (Phi) is 5.69. The van der Waals surface area contributed by atoms with Crippen molar-refractivity contribution in [3.63, 3.8) is 0 Å². The minimum atomic E-state index is -0.314. The van der Waals surface area contributed by atoms with Crippen LogP contribution in [-0.4, -0.2) is 65.2 Å². The van der Waals surface area contributed by atoms with Crippen LogP contribution < -0.4 is 10.6 Å². The Morgan fingerprint density at radius 1 is 1.07 bits per heavy atom. The first-order valence-corrected chi connectivity index (χ1v) is 9.31. The first-order chi connectivity index (χ1) is 13.8. The number of benzene rings is 1. The first-order valence-electron chi connectivity index (χ1n) is 9.31. The third-order valence-corrected chi connectivity index (χ3v) is 4.60. The molecular formula is C20H22N6O2. The number of aromatic nitrogens is 3. The average Bonchev–Trinajstić information content (AvgIpc) is 2.75.